The number of aromatic nitrogens is 2. The zero-order valence-electron chi connectivity index (χ0n) is 17.0. The van der Waals surface area contributed by atoms with E-state index in [4.69, 9.17) is 0 Å². The molecule has 4 rings (SSSR count). The van der Waals surface area contributed by atoms with E-state index < -0.39 is 10.0 Å². The Bertz CT molecular complexity index is 934. The van der Waals surface area contributed by atoms with Crippen molar-refractivity contribution in [3.8, 4) is 10.7 Å². The Hall–Kier alpha value is -1.22. The largest absolute Gasteiger partial charge is 0.345 e. The molecule has 154 valence electrons. The van der Waals surface area contributed by atoms with Crippen molar-refractivity contribution in [3.05, 3.63) is 22.8 Å². The van der Waals surface area contributed by atoms with E-state index in [2.05, 4.69) is 9.88 Å². The second-order valence-electron chi connectivity index (χ2n) is 8.06. The number of aryl methyl sites for hydroxylation is 1. The van der Waals surface area contributed by atoms with Crippen LogP contribution in [0.15, 0.2) is 16.3 Å². The summed E-state index contributed by atoms with van der Waals surface area (Å²) < 4.78 is 30.4. The fraction of sp³-hybridized carbons (Fsp3) is 0.650. The van der Waals surface area contributed by atoms with Crippen LogP contribution in [-0.4, -0.2) is 59.4 Å². The van der Waals surface area contributed by atoms with E-state index in [0.29, 0.717) is 24.0 Å². The van der Waals surface area contributed by atoms with Crippen LogP contribution in [0.2, 0.25) is 0 Å². The molecule has 6 nitrogen and oxygen atoms in total. The maximum atomic E-state index is 13.4. The first-order valence-corrected chi connectivity index (χ1v) is 12.5. The molecule has 0 aromatic carbocycles. The lowest BCUT2D eigenvalue weighted by Crippen LogP contribution is -2.52. The Morgan fingerprint density at radius 3 is 2.36 bits per heavy atom. The van der Waals surface area contributed by atoms with Crippen LogP contribution >= 0.6 is 11.3 Å². The molecule has 2 aliphatic rings. The van der Waals surface area contributed by atoms with Crippen LogP contribution in [0.3, 0.4) is 0 Å². The summed E-state index contributed by atoms with van der Waals surface area (Å²) in [6.45, 7) is 6.69. The highest BCUT2D eigenvalue weighted by molar-refractivity contribution is 7.89. The van der Waals surface area contributed by atoms with E-state index in [1.165, 1.54) is 32.1 Å². The standard InChI is InChI=1S/C20H30N4O2S2/c1-15-14-27-20(21-15)18-13-19(16(2)22(18)3)28(25,26)24-11-9-23(10-12-24)17-7-5-4-6-8-17/h13-14,17H,4-12H2,1-3H3. The lowest BCUT2D eigenvalue weighted by atomic mass is 9.94. The predicted octanol–water partition coefficient (Wildman–Crippen LogP) is 3.40. The summed E-state index contributed by atoms with van der Waals surface area (Å²) >= 11 is 1.55. The van der Waals surface area contributed by atoms with Crippen LogP contribution in [-0.2, 0) is 17.1 Å². The van der Waals surface area contributed by atoms with E-state index in [1.807, 2.05) is 30.8 Å². The van der Waals surface area contributed by atoms with E-state index in [1.54, 1.807) is 21.7 Å². The summed E-state index contributed by atoms with van der Waals surface area (Å²) in [6, 6.07) is 2.45. The first kappa shape index (κ1) is 20.1. The van der Waals surface area contributed by atoms with E-state index in [9.17, 15) is 8.42 Å². The Morgan fingerprint density at radius 2 is 1.75 bits per heavy atom. The van der Waals surface area contributed by atoms with Gasteiger partial charge < -0.3 is 4.57 Å². The van der Waals surface area contributed by atoms with E-state index in [-0.39, 0.29) is 0 Å². The monoisotopic (exact) mass is 422 g/mol. The molecule has 2 fully saturated rings. The number of piperazine rings is 1. The molecule has 2 aromatic rings. The first-order valence-electron chi connectivity index (χ1n) is 10.2. The van der Waals surface area contributed by atoms with Crippen molar-refractivity contribution in [2.24, 2.45) is 7.05 Å². The molecule has 2 aromatic heterocycles. The summed E-state index contributed by atoms with van der Waals surface area (Å²) in [5.41, 5.74) is 2.61. The molecular weight excluding hydrogens is 392 g/mol. The molecule has 1 aliphatic carbocycles. The van der Waals surface area contributed by atoms with Crippen LogP contribution in [0.5, 0.6) is 0 Å². The number of nitrogens with zero attached hydrogens (tertiary/aromatic N) is 4. The van der Waals surface area contributed by atoms with Gasteiger partial charge in [-0.15, -0.1) is 11.3 Å². The molecule has 0 radical (unpaired) electrons. The fourth-order valence-corrected chi connectivity index (χ4v) is 7.04. The minimum absolute atomic E-state index is 0.420. The number of hydrogen-bond acceptors (Lipinski definition) is 5. The van der Waals surface area contributed by atoms with Gasteiger partial charge in [-0.1, -0.05) is 19.3 Å². The Morgan fingerprint density at radius 1 is 1.07 bits per heavy atom. The first-order chi connectivity index (χ1) is 13.4. The number of thiazole rings is 1. The van der Waals surface area contributed by atoms with Gasteiger partial charge >= 0.3 is 0 Å². The number of rotatable bonds is 4. The topological polar surface area (TPSA) is 58.4 Å². The van der Waals surface area contributed by atoms with Crippen molar-refractivity contribution in [2.75, 3.05) is 26.2 Å². The van der Waals surface area contributed by atoms with Gasteiger partial charge in [0.2, 0.25) is 10.0 Å². The highest BCUT2D eigenvalue weighted by atomic mass is 32.2. The number of sulfonamides is 1. The summed E-state index contributed by atoms with van der Waals surface area (Å²) in [4.78, 5) is 7.46. The average molecular weight is 423 g/mol. The summed E-state index contributed by atoms with van der Waals surface area (Å²) in [7, 11) is -1.57. The third kappa shape index (κ3) is 3.67. The SMILES string of the molecule is Cc1csc(-c2cc(S(=O)(=O)N3CCN(C4CCCCC4)CC3)c(C)n2C)n1. The fourth-order valence-electron chi connectivity index (χ4n) is 4.50. The van der Waals surface area contributed by atoms with Gasteiger partial charge in [0.15, 0.2) is 0 Å². The lowest BCUT2D eigenvalue weighted by molar-refractivity contribution is 0.111. The zero-order valence-corrected chi connectivity index (χ0v) is 18.7. The molecule has 1 saturated carbocycles. The van der Waals surface area contributed by atoms with Gasteiger partial charge in [-0.25, -0.2) is 13.4 Å². The number of hydrogen-bond donors (Lipinski definition) is 0. The van der Waals surface area contributed by atoms with E-state index >= 15 is 0 Å². The Labute approximate surface area is 172 Å². The minimum Gasteiger partial charge on any atom is -0.345 e. The third-order valence-electron chi connectivity index (χ3n) is 6.31. The van der Waals surface area contributed by atoms with Crippen LogP contribution in [0.1, 0.15) is 43.5 Å². The molecule has 28 heavy (non-hydrogen) atoms. The average Bonchev–Trinajstić information content (AvgIpc) is 3.26. The van der Waals surface area contributed by atoms with Crippen molar-refractivity contribution < 1.29 is 8.42 Å². The van der Waals surface area contributed by atoms with Crippen LogP contribution in [0.25, 0.3) is 10.7 Å². The second-order valence-corrected chi connectivity index (χ2v) is 10.8. The van der Waals surface area contributed by atoms with Crippen molar-refractivity contribution >= 4 is 21.4 Å². The third-order valence-corrected chi connectivity index (χ3v) is 9.31. The Balaban J connectivity index is 1.53. The normalized spacial score (nSPS) is 20.7. The molecule has 0 bridgehead atoms. The molecule has 0 N–H and O–H groups in total. The summed E-state index contributed by atoms with van der Waals surface area (Å²) in [6.07, 6.45) is 6.50. The van der Waals surface area contributed by atoms with Gasteiger partial charge in [0.1, 0.15) is 9.90 Å². The second kappa shape index (κ2) is 7.89. The van der Waals surface area contributed by atoms with Crippen molar-refractivity contribution in [1.82, 2.24) is 18.8 Å². The molecule has 0 atom stereocenters. The predicted molar refractivity (Wildman–Crippen MR) is 113 cm³/mol. The summed E-state index contributed by atoms with van der Waals surface area (Å²) in [5, 5.41) is 2.86. The molecule has 0 unspecified atom stereocenters. The maximum absolute atomic E-state index is 13.4. The maximum Gasteiger partial charge on any atom is 0.244 e. The van der Waals surface area contributed by atoms with Crippen molar-refractivity contribution in [3.63, 3.8) is 0 Å². The zero-order chi connectivity index (χ0) is 19.9. The highest BCUT2D eigenvalue weighted by Crippen LogP contribution is 2.32. The summed E-state index contributed by atoms with van der Waals surface area (Å²) in [5.74, 6) is 0. The molecular formula is C20H30N4O2S2. The molecule has 0 spiro atoms. The molecule has 1 saturated heterocycles. The van der Waals surface area contributed by atoms with Crippen molar-refractivity contribution in [1.29, 1.82) is 0 Å². The van der Waals surface area contributed by atoms with Gasteiger partial charge in [0, 0.05) is 56.0 Å². The molecule has 8 heteroatoms. The van der Waals surface area contributed by atoms with Gasteiger partial charge in [0.05, 0.1) is 5.69 Å². The molecule has 0 amide bonds. The molecule has 3 heterocycles. The quantitative estimate of drug-likeness (QED) is 0.758. The Kier molecular flexibility index (Phi) is 5.66. The van der Waals surface area contributed by atoms with Gasteiger partial charge in [-0.3, -0.25) is 4.90 Å². The van der Waals surface area contributed by atoms with Crippen LogP contribution in [0, 0.1) is 13.8 Å². The lowest BCUT2D eigenvalue weighted by Gasteiger charge is -2.40. The van der Waals surface area contributed by atoms with Gasteiger partial charge in [0.25, 0.3) is 0 Å². The van der Waals surface area contributed by atoms with Crippen LogP contribution < -0.4 is 0 Å². The van der Waals surface area contributed by atoms with Gasteiger partial charge in [-0.05, 0) is 32.8 Å². The van der Waals surface area contributed by atoms with Crippen molar-refractivity contribution in [2.45, 2.75) is 56.9 Å². The smallest absolute Gasteiger partial charge is 0.244 e. The minimum atomic E-state index is -3.49. The molecule has 1 aliphatic heterocycles. The van der Waals surface area contributed by atoms with Gasteiger partial charge in [-0.2, -0.15) is 4.31 Å². The van der Waals surface area contributed by atoms with Crippen LogP contribution in [0.4, 0.5) is 0 Å². The van der Waals surface area contributed by atoms with E-state index in [0.717, 1.165) is 35.2 Å². The highest BCUT2D eigenvalue weighted by Gasteiger charge is 2.33.